The van der Waals surface area contributed by atoms with Crippen molar-refractivity contribution >= 4 is 38.9 Å². The van der Waals surface area contributed by atoms with Gasteiger partial charge < -0.3 is 10.1 Å². The van der Waals surface area contributed by atoms with Crippen molar-refractivity contribution in [1.82, 2.24) is 4.31 Å². The van der Waals surface area contributed by atoms with Gasteiger partial charge in [0.25, 0.3) is 5.91 Å². The van der Waals surface area contributed by atoms with Crippen LogP contribution in [0.25, 0.3) is 0 Å². The quantitative estimate of drug-likeness (QED) is 0.582. The van der Waals surface area contributed by atoms with Crippen molar-refractivity contribution in [1.29, 1.82) is 0 Å². The van der Waals surface area contributed by atoms with Crippen LogP contribution in [0.3, 0.4) is 0 Å². The first-order valence-electron chi connectivity index (χ1n) is 11.2. The summed E-state index contributed by atoms with van der Waals surface area (Å²) in [5.41, 5.74) is 0.947. The van der Waals surface area contributed by atoms with Gasteiger partial charge in [-0.25, -0.2) is 13.4 Å². The fourth-order valence-corrected chi connectivity index (χ4v) is 5.00. The molecule has 0 spiro atoms. The summed E-state index contributed by atoms with van der Waals surface area (Å²) >= 11 is 0. The van der Waals surface area contributed by atoms with E-state index in [2.05, 4.69) is 10.4 Å². The van der Waals surface area contributed by atoms with Gasteiger partial charge in [-0.15, -0.1) is 0 Å². The largest absolute Gasteiger partial charge is 0.489 e. The van der Waals surface area contributed by atoms with E-state index in [0.29, 0.717) is 24.5 Å². The summed E-state index contributed by atoms with van der Waals surface area (Å²) < 4.78 is 33.1. The van der Waals surface area contributed by atoms with Gasteiger partial charge in [-0.1, -0.05) is 32.0 Å². The molecular formula is C24H30N4O5S. The Bertz CT molecular complexity index is 1180. The molecule has 0 fully saturated rings. The minimum absolute atomic E-state index is 0.0503. The molecule has 0 aromatic heterocycles. The molecule has 0 saturated heterocycles. The number of ether oxygens (including phenoxy) is 1. The van der Waals surface area contributed by atoms with Crippen LogP contribution in [0.2, 0.25) is 0 Å². The van der Waals surface area contributed by atoms with Crippen molar-refractivity contribution in [3.63, 3.8) is 0 Å². The summed E-state index contributed by atoms with van der Waals surface area (Å²) in [6.45, 7) is 7.85. The number of anilines is 2. The Kier molecular flexibility index (Phi) is 8.06. The van der Waals surface area contributed by atoms with Crippen LogP contribution in [0.15, 0.2) is 58.5 Å². The maximum Gasteiger partial charge on any atom is 0.271 e. The molecule has 1 heterocycles. The lowest BCUT2D eigenvalue weighted by atomic mass is 10.1. The van der Waals surface area contributed by atoms with E-state index in [1.807, 2.05) is 19.9 Å². The van der Waals surface area contributed by atoms with E-state index in [9.17, 15) is 18.0 Å². The number of rotatable bonds is 9. The summed E-state index contributed by atoms with van der Waals surface area (Å²) in [4.78, 5) is 25.5. The number of nitrogens with zero attached hydrogens (tertiary/aromatic N) is 3. The summed E-state index contributed by atoms with van der Waals surface area (Å²) in [5, 5.41) is 8.22. The lowest BCUT2D eigenvalue weighted by Crippen LogP contribution is -2.36. The second-order valence-corrected chi connectivity index (χ2v) is 9.89. The van der Waals surface area contributed by atoms with Crippen molar-refractivity contribution in [2.24, 2.45) is 5.10 Å². The molecule has 3 rings (SSSR count). The third kappa shape index (κ3) is 5.63. The molecule has 0 bridgehead atoms. The Morgan fingerprint density at radius 3 is 2.41 bits per heavy atom. The van der Waals surface area contributed by atoms with Crippen LogP contribution in [0.1, 0.15) is 40.5 Å². The van der Waals surface area contributed by atoms with E-state index in [1.165, 1.54) is 27.5 Å². The molecule has 2 aromatic rings. The Hall–Kier alpha value is -3.24. The molecule has 1 aliphatic rings. The first-order valence-corrected chi connectivity index (χ1v) is 12.7. The predicted octanol–water partition coefficient (Wildman–Crippen LogP) is 3.63. The molecule has 34 heavy (non-hydrogen) atoms. The van der Waals surface area contributed by atoms with E-state index < -0.39 is 15.9 Å². The molecule has 2 amide bonds. The Morgan fingerprint density at radius 2 is 1.79 bits per heavy atom. The van der Waals surface area contributed by atoms with Gasteiger partial charge in [0.05, 0.1) is 22.4 Å². The zero-order valence-corrected chi connectivity index (χ0v) is 20.6. The highest BCUT2D eigenvalue weighted by Crippen LogP contribution is 2.30. The van der Waals surface area contributed by atoms with Crippen LogP contribution in [0, 0.1) is 0 Å². The lowest BCUT2D eigenvalue weighted by molar-refractivity contribution is -0.118. The average Bonchev–Trinajstić information content (AvgIpc) is 2.81. The minimum Gasteiger partial charge on any atom is -0.489 e. The third-order valence-corrected chi connectivity index (χ3v) is 7.25. The van der Waals surface area contributed by atoms with Crippen molar-refractivity contribution in [3.8, 4) is 5.75 Å². The highest BCUT2D eigenvalue weighted by Gasteiger charge is 2.27. The SMILES string of the molecule is CCN(CC)S(=O)(=O)c1ccc(OC(C)C)c(NC(=O)C2=NN(c3ccccc3)C(=O)CC2)c1. The van der Waals surface area contributed by atoms with Gasteiger partial charge in [-0.05, 0) is 44.2 Å². The molecule has 9 nitrogen and oxygen atoms in total. The molecule has 0 aliphatic carbocycles. The molecule has 10 heteroatoms. The first kappa shape index (κ1) is 25.4. The maximum absolute atomic E-state index is 13.1. The molecule has 0 radical (unpaired) electrons. The van der Waals surface area contributed by atoms with Gasteiger partial charge in [0.1, 0.15) is 11.5 Å². The highest BCUT2D eigenvalue weighted by atomic mass is 32.2. The predicted molar refractivity (Wildman–Crippen MR) is 132 cm³/mol. The standard InChI is InChI=1S/C24H30N4O5S/c1-5-27(6-2)34(31,32)19-12-14-22(33-17(3)4)21(16-19)25-24(30)20-13-15-23(29)28(26-20)18-10-8-7-9-11-18/h7-12,14,16-17H,5-6,13,15H2,1-4H3,(H,25,30). The molecule has 182 valence electrons. The van der Waals surface area contributed by atoms with Crippen molar-refractivity contribution in [2.45, 2.75) is 51.5 Å². The van der Waals surface area contributed by atoms with Crippen molar-refractivity contribution in [2.75, 3.05) is 23.4 Å². The van der Waals surface area contributed by atoms with Gasteiger partial charge in [-0.2, -0.15) is 9.41 Å². The summed E-state index contributed by atoms with van der Waals surface area (Å²) in [6, 6.07) is 13.3. The Labute approximate surface area is 200 Å². The van der Waals surface area contributed by atoms with Crippen LogP contribution in [0.4, 0.5) is 11.4 Å². The molecular weight excluding hydrogens is 456 g/mol. The number of carbonyl (C=O) groups is 2. The van der Waals surface area contributed by atoms with Crippen LogP contribution in [-0.4, -0.2) is 49.4 Å². The van der Waals surface area contributed by atoms with Gasteiger partial charge in [-0.3, -0.25) is 9.59 Å². The summed E-state index contributed by atoms with van der Waals surface area (Å²) in [5.74, 6) is -0.396. The molecule has 0 atom stereocenters. The van der Waals surface area contributed by atoms with Crippen molar-refractivity contribution < 1.29 is 22.7 Å². The monoisotopic (exact) mass is 486 g/mol. The van der Waals surface area contributed by atoms with E-state index in [0.717, 1.165) is 0 Å². The Balaban J connectivity index is 1.95. The van der Waals surface area contributed by atoms with E-state index in [1.54, 1.807) is 38.1 Å². The highest BCUT2D eigenvalue weighted by molar-refractivity contribution is 7.89. The zero-order valence-electron chi connectivity index (χ0n) is 19.8. The number of amides is 2. The smallest absolute Gasteiger partial charge is 0.271 e. The number of hydrogen-bond acceptors (Lipinski definition) is 6. The van der Waals surface area contributed by atoms with E-state index >= 15 is 0 Å². The number of hydrazone groups is 1. The molecule has 2 aromatic carbocycles. The van der Waals surface area contributed by atoms with Gasteiger partial charge in [0, 0.05) is 25.9 Å². The van der Waals surface area contributed by atoms with Gasteiger partial charge in [0.15, 0.2) is 0 Å². The summed E-state index contributed by atoms with van der Waals surface area (Å²) in [7, 11) is -3.74. The number of para-hydroxylation sites is 1. The first-order chi connectivity index (χ1) is 16.2. The zero-order chi connectivity index (χ0) is 24.9. The fourth-order valence-electron chi connectivity index (χ4n) is 3.52. The van der Waals surface area contributed by atoms with Crippen LogP contribution >= 0.6 is 0 Å². The number of hydrogen-bond donors (Lipinski definition) is 1. The van der Waals surface area contributed by atoms with Gasteiger partial charge >= 0.3 is 0 Å². The number of nitrogens with one attached hydrogen (secondary N) is 1. The van der Waals surface area contributed by atoms with E-state index in [4.69, 9.17) is 4.74 Å². The molecule has 0 unspecified atom stereocenters. The van der Waals surface area contributed by atoms with Crippen LogP contribution in [-0.2, 0) is 19.6 Å². The number of benzene rings is 2. The maximum atomic E-state index is 13.1. The van der Waals surface area contributed by atoms with Crippen LogP contribution in [0.5, 0.6) is 5.75 Å². The normalized spacial score (nSPS) is 14.4. The Morgan fingerprint density at radius 1 is 1.12 bits per heavy atom. The van der Waals surface area contributed by atoms with E-state index in [-0.39, 0.29) is 41.1 Å². The molecule has 0 saturated carbocycles. The minimum atomic E-state index is -3.74. The molecule has 1 aliphatic heterocycles. The topological polar surface area (TPSA) is 108 Å². The van der Waals surface area contributed by atoms with Crippen LogP contribution < -0.4 is 15.1 Å². The van der Waals surface area contributed by atoms with Gasteiger partial charge in [0.2, 0.25) is 15.9 Å². The molecule has 1 N–H and O–H groups in total. The summed E-state index contributed by atoms with van der Waals surface area (Å²) in [6.07, 6.45) is 0.109. The second kappa shape index (κ2) is 10.8. The average molecular weight is 487 g/mol. The van der Waals surface area contributed by atoms with Crippen molar-refractivity contribution in [3.05, 3.63) is 48.5 Å². The lowest BCUT2D eigenvalue weighted by Gasteiger charge is -2.24. The second-order valence-electron chi connectivity index (χ2n) is 7.96. The fraction of sp³-hybridized carbons (Fsp3) is 0.375. The number of sulfonamides is 1. The number of carbonyl (C=O) groups excluding carboxylic acids is 2. The third-order valence-electron chi connectivity index (χ3n) is 5.20.